The molecule has 0 aliphatic heterocycles. The first-order chi connectivity index (χ1) is 9.04. The molecule has 1 N–H and O–H groups in total. The predicted octanol–water partition coefficient (Wildman–Crippen LogP) is 5.66. The number of hydrogen-bond donors (Lipinski definition) is 1. The van der Waals surface area contributed by atoms with E-state index in [1.165, 1.54) is 17.4 Å². The van der Waals surface area contributed by atoms with Crippen molar-refractivity contribution in [3.05, 3.63) is 54.4 Å². The Labute approximate surface area is 133 Å². The summed E-state index contributed by atoms with van der Waals surface area (Å²) in [5.41, 5.74) is 1.67. The van der Waals surface area contributed by atoms with Crippen molar-refractivity contribution in [1.29, 1.82) is 0 Å². The van der Waals surface area contributed by atoms with E-state index in [0.29, 0.717) is 13.1 Å². The lowest BCUT2D eigenvalue weighted by molar-refractivity contribution is 0.596. The summed E-state index contributed by atoms with van der Waals surface area (Å²) < 4.78 is 15.4. The summed E-state index contributed by atoms with van der Waals surface area (Å²) >= 11 is 16.8. The van der Waals surface area contributed by atoms with Crippen LogP contribution in [-0.4, -0.2) is 6.54 Å². The second-order valence-electron chi connectivity index (χ2n) is 3.91. The van der Waals surface area contributed by atoms with E-state index in [0.717, 1.165) is 17.7 Å². The summed E-state index contributed by atoms with van der Waals surface area (Å²) in [4.78, 5) is 0. The molecule has 0 amide bonds. The van der Waals surface area contributed by atoms with Crippen molar-refractivity contribution in [2.24, 2.45) is 0 Å². The van der Waals surface area contributed by atoms with Gasteiger partial charge in [0.1, 0.15) is 5.82 Å². The van der Waals surface area contributed by atoms with Crippen molar-refractivity contribution in [2.75, 3.05) is 6.54 Å². The SMILES string of the molecule is CCNC(c1cc(Cl)sc1Cl)c1cccc(F)c1Br. The van der Waals surface area contributed by atoms with Gasteiger partial charge in [0.15, 0.2) is 0 Å². The van der Waals surface area contributed by atoms with Crippen LogP contribution in [0.25, 0.3) is 0 Å². The molecule has 1 heterocycles. The molecule has 0 aliphatic carbocycles. The zero-order chi connectivity index (χ0) is 14.0. The van der Waals surface area contributed by atoms with Gasteiger partial charge >= 0.3 is 0 Å². The summed E-state index contributed by atoms with van der Waals surface area (Å²) in [6, 6.07) is 6.59. The van der Waals surface area contributed by atoms with Crippen molar-refractivity contribution in [2.45, 2.75) is 13.0 Å². The summed E-state index contributed by atoms with van der Waals surface area (Å²) in [7, 11) is 0. The lowest BCUT2D eigenvalue weighted by Crippen LogP contribution is -2.22. The Balaban J connectivity index is 2.51. The van der Waals surface area contributed by atoms with Crippen LogP contribution in [0.2, 0.25) is 8.67 Å². The molecule has 0 bridgehead atoms. The minimum absolute atomic E-state index is 0.189. The molecule has 0 aliphatic rings. The Morgan fingerprint density at radius 1 is 1.37 bits per heavy atom. The fraction of sp³-hybridized carbons (Fsp3) is 0.231. The molecule has 0 fully saturated rings. The first kappa shape index (κ1) is 15.3. The maximum atomic E-state index is 13.7. The average molecular weight is 383 g/mol. The molecule has 0 radical (unpaired) electrons. The smallest absolute Gasteiger partial charge is 0.137 e. The molecule has 0 saturated carbocycles. The Kier molecular flexibility index (Phi) is 5.26. The highest BCUT2D eigenvalue weighted by Gasteiger charge is 2.21. The van der Waals surface area contributed by atoms with Gasteiger partial charge in [-0.15, -0.1) is 11.3 Å². The number of halogens is 4. The van der Waals surface area contributed by atoms with Gasteiger partial charge in [-0.05, 0) is 40.2 Å². The lowest BCUT2D eigenvalue weighted by atomic mass is 10.0. The normalized spacial score (nSPS) is 12.7. The van der Waals surface area contributed by atoms with Gasteiger partial charge in [-0.25, -0.2) is 4.39 Å². The predicted molar refractivity (Wildman–Crippen MR) is 84.0 cm³/mol. The zero-order valence-corrected chi connectivity index (χ0v) is 13.9. The quantitative estimate of drug-likeness (QED) is 0.719. The molecule has 1 aromatic carbocycles. The van der Waals surface area contributed by atoms with Gasteiger partial charge in [-0.3, -0.25) is 0 Å². The van der Waals surface area contributed by atoms with E-state index in [1.54, 1.807) is 6.07 Å². The third-order valence-corrected chi connectivity index (χ3v) is 5.05. The zero-order valence-electron chi connectivity index (χ0n) is 10.0. The van der Waals surface area contributed by atoms with E-state index >= 15 is 0 Å². The van der Waals surface area contributed by atoms with Gasteiger partial charge < -0.3 is 5.32 Å². The minimum atomic E-state index is -0.294. The van der Waals surface area contributed by atoms with Gasteiger partial charge in [0.05, 0.1) is 19.2 Å². The fourth-order valence-electron chi connectivity index (χ4n) is 1.88. The standard InChI is InChI=1S/C13H11BrCl2FNS/c1-2-18-12(8-6-10(15)19-13(8)16)7-4-3-5-9(17)11(7)14/h3-6,12,18H,2H2,1H3. The molecular weight excluding hydrogens is 372 g/mol. The molecule has 0 saturated heterocycles. The van der Waals surface area contributed by atoms with Crippen LogP contribution in [0.5, 0.6) is 0 Å². The molecule has 0 spiro atoms. The van der Waals surface area contributed by atoms with Crippen molar-refractivity contribution in [3.8, 4) is 0 Å². The summed E-state index contributed by atoms with van der Waals surface area (Å²) in [6.07, 6.45) is 0. The highest BCUT2D eigenvalue weighted by molar-refractivity contribution is 9.10. The number of nitrogens with one attached hydrogen (secondary N) is 1. The molecule has 6 heteroatoms. The first-order valence-corrected chi connectivity index (χ1v) is 8.03. The number of benzene rings is 1. The number of hydrogen-bond acceptors (Lipinski definition) is 2. The van der Waals surface area contributed by atoms with Crippen molar-refractivity contribution < 1.29 is 4.39 Å². The fourth-order valence-corrected chi connectivity index (χ4v) is 3.91. The van der Waals surface area contributed by atoms with Crippen LogP contribution >= 0.6 is 50.5 Å². The largest absolute Gasteiger partial charge is 0.306 e. The van der Waals surface area contributed by atoms with Gasteiger partial charge in [0.25, 0.3) is 0 Å². The number of rotatable bonds is 4. The van der Waals surface area contributed by atoms with Gasteiger partial charge in [0.2, 0.25) is 0 Å². The van der Waals surface area contributed by atoms with Crippen molar-refractivity contribution in [3.63, 3.8) is 0 Å². The summed E-state index contributed by atoms with van der Waals surface area (Å²) in [5.74, 6) is -0.294. The number of thiophene rings is 1. The second kappa shape index (κ2) is 6.55. The summed E-state index contributed by atoms with van der Waals surface area (Å²) in [5, 5.41) is 3.30. The van der Waals surface area contributed by atoms with E-state index in [9.17, 15) is 4.39 Å². The van der Waals surface area contributed by atoms with Crippen LogP contribution < -0.4 is 5.32 Å². The Hall–Kier alpha value is -0.130. The van der Waals surface area contributed by atoms with Crippen molar-refractivity contribution >= 4 is 50.5 Å². The monoisotopic (exact) mass is 381 g/mol. The van der Waals surface area contributed by atoms with E-state index < -0.39 is 0 Å². The van der Waals surface area contributed by atoms with Crippen LogP contribution in [-0.2, 0) is 0 Å². The highest BCUT2D eigenvalue weighted by atomic mass is 79.9. The molecule has 102 valence electrons. The Bertz CT molecular complexity index is 588. The lowest BCUT2D eigenvalue weighted by Gasteiger charge is -2.19. The molecule has 1 unspecified atom stereocenters. The van der Waals surface area contributed by atoms with E-state index in [1.807, 2.05) is 19.1 Å². The van der Waals surface area contributed by atoms with E-state index in [4.69, 9.17) is 23.2 Å². The third kappa shape index (κ3) is 3.31. The van der Waals surface area contributed by atoms with E-state index in [2.05, 4.69) is 21.2 Å². The molecular formula is C13H11BrCl2FNS. The molecule has 1 aromatic heterocycles. The Morgan fingerprint density at radius 3 is 2.68 bits per heavy atom. The van der Waals surface area contributed by atoms with E-state index in [-0.39, 0.29) is 11.9 Å². The van der Waals surface area contributed by atoms with Crippen LogP contribution in [0.1, 0.15) is 24.1 Å². The third-order valence-electron chi connectivity index (χ3n) is 2.69. The van der Waals surface area contributed by atoms with Gasteiger partial charge in [0, 0.05) is 5.56 Å². The van der Waals surface area contributed by atoms with Gasteiger partial charge in [-0.1, -0.05) is 42.3 Å². The topological polar surface area (TPSA) is 12.0 Å². The summed E-state index contributed by atoms with van der Waals surface area (Å²) in [6.45, 7) is 2.72. The second-order valence-corrected chi connectivity index (χ2v) is 6.99. The van der Waals surface area contributed by atoms with Crippen LogP contribution in [0, 0.1) is 5.82 Å². The van der Waals surface area contributed by atoms with Crippen LogP contribution in [0.4, 0.5) is 4.39 Å². The molecule has 1 atom stereocenters. The minimum Gasteiger partial charge on any atom is -0.306 e. The molecule has 2 aromatic rings. The Morgan fingerprint density at radius 2 is 2.11 bits per heavy atom. The first-order valence-electron chi connectivity index (χ1n) is 5.66. The highest BCUT2D eigenvalue weighted by Crippen LogP contribution is 2.39. The maximum absolute atomic E-state index is 13.7. The molecule has 2 rings (SSSR count). The molecule has 1 nitrogen and oxygen atoms in total. The van der Waals surface area contributed by atoms with Crippen LogP contribution in [0.15, 0.2) is 28.7 Å². The average Bonchev–Trinajstić information content (AvgIpc) is 2.69. The van der Waals surface area contributed by atoms with Crippen molar-refractivity contribution in [1.82, 2.24) is 5.32 Å². The maximum Gasteiger partial charge on any atom is 0.137 e. The van der Waals surface area contributed by atoms with Crippen LogP contribution in [0.3, 0.4) is 0 Å². The van der Waals surface area contributed by atoms with Gasteiger partial charge in [-0.2, -0.15) is 0 Å². The molecule has 19 heavy (non-hydrogen) atoms.